The molecule has 1 aliphatic carbocycles. The van der Waals surface area contributed by atoms with Crippen molar-refractivity contribution in [2.75, 3.05) is 0 Å². The smallest absolute Gasteiger partial charge is 0.0514 e. The van der Waals surface area contributed by atoms with E-state index in [0.29, 0.717) is 6.04 Å². The molecule has 1 nitrogen and oxygen atoms in total. The summed E-state index contributed by atoms with van der Waals surface area (Å²) in [5.41, 5.74) is 4.00. The van der Waals surface area contributed by atoms with E-state index in [9.17, 15) is 0 Å². The molecule has 0 fully saturated rings. The number of allylic oxidation sites excluding steroid dienone is 3. The first-order valence-electron chi connectivity index (χ1n) is 8.73. The highest BCUT2D eigenvalue weighted by atomic mass is 14.9. The Labute approximate surface area is 145 Å². The summed E-state index contributed by atoms with van der Waals surface area (Å²) in [5, 5.41) is 3.78. The van der Waals surface area contributed by atoms with Crippen molar-refractivity contribution in [1.29, 1.82) is 0 Å². The third-order valence-corrected chi connectivity index (χ3v) is 4.47. The molecule has 1 N–H and O–H groups in total. The van der Waals surface area contributed by atoms with Crippen LogP contribution in [0.2, 0.25) is 0 Å². The highest BCUT2D eigenvalue weighted by Gasteiger charge is 2.15. The molecule has 0 amide bonds. The highest BCUT2D eigenvalue weighted by Crippen LogP contribution is 2.21. The summed E-state index contributed by atoms with van der Waals surface area (Å²) in [6.45, 7) is 2.26. The van der Waals surface area contributed by atoms with Gasteiger partial charge in [-0.1, -0.05) is 96.6 Å². The van der Waals surface area contributed by atoms with Gasteiger partial charge in [0, 0.05) is 6.04 Å². The SMILES string of the molecule is C[C@@H](NC(/C=C/c1ccccc1)c1ccccc1)C1=CC=CCC1. The van der Waals surface area contributed by atoms with E-state index in [2.05, 4.69) is 103 Å². The maximum atomic E-state index is 3.78. The van der Waals surface area contributed by atoms with E-state index < -0.39 is 0 Å². The lowest BCUT2D eigenvalue weighted by Gasteiger charge is -2.24. The largest absolute Gasteiger partial charge is 0.300 e. The predicted molar refractivity (Wildman–Crippen MR) is 104 cm³/mol. The van der Waals surface area contributed by atoms with Crippen LogP contribution in [0.4, 0.5) is 0 Å². The molecule has 2 aromatic carbocycles. The molecule has 0 spiro atoms. The summed E-state index contributed by atoms with van der Waals surface area (Å²) in [4.78, 5) is 0. The summed E-state index contributed by atoms with van der Waals surface area (Å²) in [6.07, 6.45) is 13.4. The molecule has 0 radical (unpaired) electrons. The van der Waals surface area contributed by atoms with Crippen LogP contribution in [-0.2, 0) is 0 Å². The van der Waals surface area contributed by atoms with Gasteiger partial charge in [0.1, 0.15) is 0 Å². The van der Waals surface area contributed by atoms with Crippen molar-refractivity contribution in [3.8, 4) is 0 Å². The van der Waals surface area contributed by atoms with Crippen LogP contribution in [0.15, 0.2) is 90.5 Å². The van der Waals surface area contributed by atoms with Crippen molar-refractivity contribution >= 4 is 6.08 Å². The van der Waals surface area contributed by atoms with Crippen LogP contribution >= 0.6 is 0 Å². The average molecular weight is 315 g/mol. The Morgan fingerprint density at radius 3 is 2.33 bits per heavy atom. The molecule has 2 atom stereocenters. The fourth-order valence-corrected chi connectivity index (χ4v) is 3.05. The van der Waals surface area contributed by atoms with Gasteiger partial charge in [-0.25, -0.2) is 0 Å². The topological polar surface area (TPSA) is 12.0 Å². The molecule has 1 aliphatic rings. The minimum Gasteiger partial charge on any atom is -0.300 e. The van der Waals surface area contributed by atoms with Crippen molar-refractivity contribution in [3.63, 3.8) is 0 Å². The van der Waals surface area contributed by atoms with Gasteiger partial charge in [0.25, 0.3) is 0 Å². The average Bonchev–Trinajstić information content (AvgIpc) is 2.67. The van der Waals surface area contributed by atoms with Crippen molar-refractivity contribution in [2.24, 2.45) is 0 Å². The molecule has 3 rings (SSSR count). The first-order valence-corrected chi connectivity index (χ1v) is 8.73. The first-order chi connectivity index (χ1) is 11.8. The molecule has 1 heteroatoms. The fraction of sp³-hybridized carbons (Fsp3) is 0.217. The molecule has 122 valence electrons. The van der Waals surface area contributed by atoms with Gasteiger partial charge in [0.05, 0.1) is 6.04 Å². The summed E-state index contributed by atoms with van der Waals surface area (Å²) in [7, 11) is 0. The summed E-state index contributed by atoms with van der Waals surface area (Å²) in [5.74, 6) is 0. The number of hydrogen-bond donors (Lipinski definition) is 1. The first kappa shape index (κ1) is 16.5. The maximum Gasteiger partial charge on any atom is 0.0514 e. The molecule has 0 heterocycles. The van der Waals surface area contributed by atoms with Crippen molar-refractivity contribution in [3.05, 3.63) is 102 Å². The van der Waals surface area contributed by atoms with E-state index in [1.807, 2.05) is 0 Å². The molecule has 0 aliphatic heterocycles. The molecular formula is C23H25N. The number of nitrogens with one attached hydrogen (secondary N) is 1. The molecule has 0 bridgehead atoms. The third kappa shape index (κ3) is 4.56. The van der Waals surface area contributed by atoms with E-state index in [-0.39, 0.29) is 6.04 Å². The maximum absolute atomic E-state index is 3.78. The van der Waals surface area contributed by atoms with Crippen LogP contribution < -0.4 is 5.32 Å². The zero-order valence-electron chi connectivity index (χ0n) is 14.2. The van der Waals surface area contributed by atoms with Gasteiger partial charge in [-0.15, -0.1) is 0 Å². The van der Waals surface area contributed by atoms with Gasteiger partial charge >= 0.3 is 0 Å². The molecule has 24 heavy (non-hydrogen) atoms. The number of rotatable bonds is 6. The summed E-state index contributed by atoms with van der Waals surface area (Å²) < 4.78 is 0. The standard InChI is InChI=1S/C23H25N/c1-19(21-13-7-3-8-14-21)24-23(22-15-9-4-10-16-22)18-17-20-11-5-2-6-12-20/h2-7,9-13,15-19,23-24H,8,14H2,1H3/b18-17+/t19-,23?/m1/s1. The lowest BCUT2D eigenvalue weighted by molar-refractivity contribution is 0.543. The normalized spacial score (nSPS) is 16.8. The predicted octanol–water partition coefficient (Wildman–Crippen LogP) is 5.70. The highest BCUT2D eigenvalue weighted by molar-refractivity contribution is 5.50. The molecule has 1 unspecified atom stereocenters. The van der Waals surface area contributed by atoms with Gasteiger partial charge < -0.3 is 5.32 Å². The minimum atomic E-state index is 0.202. The Bertz CT molecular complexity index is 710. The third-order valence-electron chi connectivity index (χ3n) is 4.47. The van der Waals surface area contributed by atoms with Gasteiger partial charge in [-0.05, 0) is 30.9 Å². The van der Waals surface area contributed by atoms with E-state index in [1.54, 1.807) is 0 Å². The number of benzene rings is 2. The Hall–Kier alpha value is -2.38. The quantitative estimate of drug-likeness (QED) is 0.721. The monoisotopic (exact) mass is 315 g/mol. The molecule has 0 aromatic heterocycles. The van der Waals surface area contributed by atoms with Crippen molar-refractivity contribution in [2.45, 2.75) is 31.8 Å². The zero-order valence-corrected chi connectivity index (χ0v) is 14.2. The zero-order chi connectivity index (χ0) is 16.6. The molecular weight excluding hydrogens is 290 g/mol. The lowest BCUT2D eigenvalue weighted by Crippen LogP contribution is -2.31. The Morgan fingerprint density at radius 1 is 0.958 bits per heavy atom. The van der Waals surface area contributed by atoms with Crippen molar-refractivity contribution < 1.29 is 0 Å². The number of hydrogen-bond acceptors (Lipinski definition) is 1. The van der Waals surface area contributed by atoms with Crippen LogP contribution in [0.3, 0.4) is 0 Å². The summed E-state index contributed by atoms with van der Waals surface area (Å²) >= 11 is 0. The van der Waals surface area contributed by atoms with Crippen LogP contribution in [0.25, 0.3) is 6.08 Å². The second-order valence-electron chi connectivity index (χ2n) is 6.25. The lowest BCUT2D eigenvalue weighted by atomic mass is 9.97. The minimum absolute atomic E-state index is 0.202. The van der Waals surface area contributed by atoms with Crippen LogP contribution in [0, 0.1) is 0 Å². The van der Waals surface area contributed by atoms with E-state index in [1.165, 1.54) is 16.7 Å². The Morgan fingerprint density at radius 2 is 1.67 bits per heavy atom. The van der Waals surface area contributed by atoms with Gasteiger partial charge in [0.15, 0.2) is 0 Å². The second kappa shape index (κ2) is 8.47. The Balaban J connectivity index is 1.78. The van der Waals surface area contributed by atoms with Crippen LogP contribution in [0.1, 0.15) is 36.9 Å². The Kier molecular flexibility index (Phi) is 5.81. The van der Waals surface area contributed by atoms with Gasteiger partial charge in [-0.2, -0.15) is 0 Å². The van der Waals surface area contributed by atoms with Gasteiger partial charge in [0.2, 0.25) is 0 Å². The molecule has 2 aromatic rings. The second-order valence-corrected chi connectivity index (χ2v) is 6.25. The molecule has 0 saturated carbocycles. The van der Waals surface area contributed by atoms with Crippen molar-refractivity contribution in [1.82, 2.24) is 5.32 Å². The van der Waals surface area contributed by atoms with Crippen LogP contribution in [-0.4, -0.2) is 6.04 Å². The van der Waals surface area contributed by atoms with E-state index in [4.69, 9.17) is 0 Å². The van der Waals surface area contributed by atoms with E-state index in [0.717, 1.165) is 12.8 Å². The van der Waals surface area contributed by atoms with Gasteiger partial charge in [-0.3, -0.25) is 0 Å². The fourth-order valence-electron chi connectivity index (χ4n) is 3.05. The molecule has 0 saturated heterocycles. The van der Waals surface area contributed by atoms with Crippen LogP contribution in [0.5, 0.6) is 0 Å². The van der Waals surface area contributed by atoms with E-state index >= 15 is 0 Å². The summed E-state index contributed by atoms with van der Waals surface area (Å²) in [6, 6.07) is 21.7.